The van der Waals surface area contributed by atoms with Crippen LogP contribution in [-0.2, 0) is 12.8 Å². The van der Waals surface area contributed by atoms with Crippen molar-refractivity contribution < 1.29 is 9.21 Å². The summed E-state index contributed by atoms with van der Waals surface area (Å²) in [6.07, 6.45) is 6.69. The molecule has 148 valence electrons. The van der Waals surface area contributed by atoms with Gasteiger partial charge in [0.15, 0.2) is 0 Å². The minimum Gasteiger partial charge on any atom is -0.427 e. The molecule has 0 N–H and O–H groups in total. The highest BCUT2D eigenvalue weighted by Crippen LogP contribution is 2.32. The second-order valence-corrected chi connectivity index (χ2v) is 7.49. The molecule has 3 aromatic rings. The molecule has 1 aliphatic rings. The highest BCUT2D eigenvalue weighted by atomic mass is 16.4. The van der Waals surface area contributed by atoms with E-state index in [1.165, 1.54) is 5.56 Å². The average Bonchev–Trinajstić information content (AvgIpc) is 3.23. The van der Waals surface area contributed by atoms with E-state index in [9.17, 15) is 9.59 Å². The van der Waals surface area contributed by atoms with Crippen molar-refractivity contribution in [3.63, 3.8) is 0 Å². The number of rotatable bonds is 5. The molecule has 2 aromatic heterocycles. The van der Waals surface area contributed by atoms with Gasteiger partial charge < -0.3 is 9.32 Å². The first-order chi connectivity index (χ1) is 14.1. The third-order valence-electron chi connectivity index (χ3n) is 5.50. The fraction of sp³-hybridized carbons (Fsp3) is 0.292. The Balaban J connectivity index is 1.55. The van der Waals surface area contributed by atoms with Crippen molar-refractivity contribution in [2.24, 2.45) is 0 Å². The molecule has 1 fully saturated rings. The van der Waals surface area contributed by atoms with Crippen LogP contribution in [0.3, 0.4) is 0 Å². The van der Waals surface area contributed by atoms with Gasteiger partial charge in [0.1, 0.15) is 11.3 Å². The second-order valence-electron chi connectivity index (χ2n) is 7.49. The quantitative estimate of drug-likeness (QED) is 0.660. The van der Waals surface area contributed by atoms with Gasteiger partial charge in [-0.15, -0.1) is 0 Å². The van der Waals surface area contributed by atoms with Crippen molar-refractivity contribution in [3.05, 3.63) is 99.4 Å². The van der Waals surface area contributed by atoms with Crippen LogP contribution in [0.15, 0.2) is 70.1 Å². The molecule has 1 unspecified atom stereocenters. The Hall–Kier alpha value is -3.21. The van der Waals surface area contributed by atoms with E-state index in [1.807, 2.05) is 43.3 Å². The molecule has 0 saturated carbocycles. The van der Waals surface area contributed by atoms with Crippen LogP contribution < -0.4 is 5.63 Å². The van der Waals surface area contributed by atoms with Crippen LogP contribution in [0.4, 0.5) is 0 Å². The third-order valence-corrected chi connectivity index (χ3v) is 5.50. The topological polar surface area (TPSA) is 63.4 Å². The monoisotopic (exact) mass is 388 g/mol. The molecule has 0 radical (unpaired) electrons. The molecule has 1 amide bonds. The summed E-state index contributed by atoms with van der Waals surface area (Å²) in [4.78, 5) is 31.8. The van der Waals surface area contributed by atoms with Gasteiger partial charge in [0, 0.05) is 25.4 Å². The zero-order valence-corrected chi connectivity index (χ0v) is 16.5. The van der Waals surface area contributed by atoms with Crippen LogP contribution in [0.1, 0.15) is 51.7 Å². The van der Waals surface area contributed by atoms with Crippen LogP contribution in [0.2, 0.25) is 0 Å². The maximum atomic E-state index is 13.2. The van der Waals surface area contributed by atoms with Crippen molar-refractivity contribution in [1.82, 2.24) is 9.88 Å². The molecule has 0 aliphatic carbocycles. The number of aromatic nitrogens is 1. The summed E-state index contributed by atoms with van der Waals surface area (Å²) in [6.45, 7) is 2.44. The van der Waals surface area contributed by atoms with E-state index in [0.717, 1.165) is 24.8 Å². The molecule has 1 aromatic carbocycles. The van der Waals surface area contributed by atoms with E-state index in [-0.39, 0.29) is 17.5 Å². The first-order valence-corrected chi connectivity index (χ1v) is 10.0. The summed E-state index contributed by atoms with van der Waals surface area (Å²) in [5, 5.41) is 0. The predicted octanol–water partition coefficient (Wildman–Crippen LogP) is 4.11. The van der Waals surface area contributed by atoms with Crippen molar-refractivity contribution in [2.45, 2.75) is 38.6 Å². The number of aryl methyl sites for hydroxylation is 3. The van der Waals surface area contributed by atoms with Gasteiger partial charge in [-0.1, -0.05) is 36.4 Å². The summed E-state index contributed by atoms with van der Waals surface area (Å²) in [5.74, 6) is 0.357. The third kappa shape index (κ3) is 4.14. The Morgan fingerprint density at radius 1 is 1.17 bits per heavy atom. The van der Waals surface area contributed by atoms with E-state index in [0.29, 0.717) is 24.3 Å². The van der Waals surface area contributed by atoms with Crippen LogP contribution in [0.25, 0.3) is 0 Å². The molecule has 5 heteroatoms. The van der Waals surface area contributed by atoms with Crippen LogP contribution in [0, 0.1) is 6.92 Å². The summed E-state index contributed by atoms with van der Waals surface area (Å²) in [7, 11) is 0. The second kappa shape index (κ2) is 8.43. The van der Waals surface area contributed by atoms with Gasteiger partial charge in [-0.3, -0.25) is 9.78 Å². The van der Waals surface area contributed by atoms with Crippen molar-refractivity contribution >= 4 is 5.91 Å². The Kier molecular flexibility index (Phi) is 5.56. The minimum atomic E-state index is -0.546. The molecule has 0 bridgehead atoms. The average molecular weight is 388 g/mol. The molecule has 0 spiro atoms. The Morgan fingerprint density at radius 3 is 2.72 bits per heavy atom. The Labute approximate surface area is 170 Å². The summed E-state index contributed by atoms with van der Waals surface area (Å²) in [5.41, 5.74) is 2.45. The van der Waals surface area contributed by atoms with Gasteiger partial charge in [0.05, 0.1) is 6.04 Å². The maximum absolute atomic E-state index is 13.2. The predicted molar refractivity (Wildman–Crippen MR) is 111 cm³/mol. The fourth-order valence-corrected chi connectivity index (χ4v) is 4.04. The summed E-state index contributed by atoms with van der Waals surface area (Å²) >= 11 is 0. The lowest BCUT2D eigenvalue weighted by Crippen LogP contribution is -2.34. The first kappa shape index (κ1) is 19.1. The summed E-state index contributed by atoms with van der Waals surface area (Å²) in [6, 6.07) is 15.7. The van der Waals surface area contributed by atoms with E-state index in [2.05, 4.69) is 17.1 Å². The highest BCUT2D eigenvalue weighted by molar-refractivity contribution is 5.95. The number of hydrogen-bond acceptors (Lipinski definition) is 4. The van der Waals surface area contributed by atoms with E-state index < -0.39 is 5.63 Å². The Bertz CT molecular complexity index is 1040. The zero-order chi connectivity index (χ0) is 20.2. The molecular weight excluding hydrogens is 364 g/mol. The van der Waals surface area contributed by atoms with E-state index >= 15 is 0 Å². The standard InChI is InChI=1S/C24H24N2O3/c1-17-15-20(12-11-18-7-3-2-4-8-18)29-24(28)22(17)23(27)26-14-6-10-21(26)19-9-5-13-25-16-19/h2-5,7-9,13,15-16,21H,6,10-12,14H2,1H3. The lowest BCUT2D eigenvalue weighted by atomic mass is 10.0. The smallest absolute Gasteiger partial charge is 0.349 e. The molecule has 3 heterocycles. The number of likely N-dealkylation sites (tertiary alicyclic amines) is 1. The van der Waals surface area contributed by atoms with Crippen molar-refractivity contribution in [1.29, 1.82) is 0 Å². The number of hydrogen-bond donors (Lipinski definition) is 0. The molecule has 4 rings (SSSR count). The van der Waals surface area contributed by atoms with E-state index in [4.69, 9.17) is 4.42 Å². The molecule has 1 aliphatic heterocycles. The lowest BCUT2D eigenvalue weighted by Gasteiger charge is -2.25. The van der Waals surface area contributed by atoms with Gasteiger partial charge >= 0.3 is 5.63 Å². The van der Waals surface area contributed by atoms with Gasteiger partial charge in [0.25, 0.3) is 5.91 Å². The zero-order valence-electron chi connectivity index (χ0n) is 16.5. The fourth-order valence-electron chi connectivity index (χ4n) is 4.04. The van der Waals surface area contributed by atoms with Gasteiger partial charge in [-0.05, 0) is 55.0 Å². The molecule has 1 atom stereocenters. The van der Waals surface area contributed by atoms with Gasteiger partial charge in [-0.2, -0.15) is 0 Å². The number of benzene rings is 1. The molecule has 5 nitrogen and oxygen atoms in total. The number of nitrogens with zero attached hydrogens (tertiary/aromatic N) is 2. The van der Waals surface area contributed by atoms with Gasteiger partial charge in [0.2, 0.25) is 0 Å². The molecular formula is C24H24N2O3. The van der Waals surface area contributed by atoms with Crippen LogP contribution >= 0.6 is 0 Å². The first-order valence-electron chi connectivity index (χ1n) is 10.0. The SMILES string of the molecule is Cc1cc(CCc2ccccc2)oc(=O)c1C(=O)N1CCCC1c1cccnc1. The number of carbonyl (C=O) groups excluding carboxylic acids is 1. The lowest BCUT2D eigenvalue weighted by molar-refractivity contribution is 0.0729. The number of amides is 1. The van der Waals surface area contributed by atoms with Crippen molar-refractivity contribution in [2.75, 3.05) is 6.54 Å². The summed E-state index contributed by atoms with van der Waals surface area (Å²) < 4.78 is 5.52. The molecule has 1 saturated heterocycles. The number of pyridine rings is 1. The highest BCUT2D eigenvalue weighted by Gasteiger charge is 2.33. The Morgan fingerprint density at radius 2 is 2.00 bits per heavy atom. The van der Waals surface area contributed by atoms with E-state index in [1.54, 1.807) is 17.3 Å². The normalized spacial score (nSPS) is 16.2. The number of carbonyl (C=O) groups is 1. The van der Waals surface area contributed by atoms with Gasteiger partial charge in [-0.25, -0.2) is 4.79 Å². The van der Waals surface area contributed by atoms with Crippen LogP contribution in [0.5, 0.6) is 0 Å². The minimum absolute atomic E-state index is 0.0484. The maximum Gasteiger partial charge on any atom is 0.349 e. The largest absolute Gasteiger partial charge is 0.427 e. The van der Waals surface area contributed by atoms with Crippen LogP contribution in [-0.4, -0.2) is 22.3 Å². The molecule has 29 heavy (non-hydrogen) atoms. The van der Waals surface area contributed by atoms with Crippen molar-refractivity contribution in [3.8, 4) is 0 Å².